The van der Waals surface area contributed by atoms with Crippen molar-refractivity contribution in [2.75, 3.05) is 0 Å². The van der Waals surface area contributed by atoms with Gasteiger partial charge in [0.05, 0.1) is 10.4 Å². The van der Waals surface area contributed by atoms with Gasteiger partial charge in [0.25, 0.3) is 0 Å². The van der Waals surface area contributed by atoms with Crippen molar-refractivity contribution in [1.29, 1.82) is 0 Å². The fourth-order valence-electron chi connectivity index (χ4n) is 1.68. The van der Waals surface area contributed by atoms with Crippen LogP contribution in [0.4, 0.5) is 0 Å². The molecule has 1 aromatic heterocycles. The normalized spacial score (nSPS) is 12.7. The zero-order valence-corrected chi connectivity index (χ0v) is 12.2. The van der Waals surface area contributed by atoms with Crippen molar-refractivity contribution in [3.8, 4) is 0 Å². The summed E-state index contributed by atoms with van der Waals surface area (Å²) in [6, 6.07) is 8.47. The molecule has 1 heterocycles. The summed E-state index contributed by atoms with van der Waals surface area (Å²) in [5.41, 5.74) is 3.63. The van der Waals surface area contributed by atoms with E-state index in [0.29, 0.717) is 0 Å². The van der Waals surface area contributed by atoms with E-state index in [2.05, 4.69) is 36.6 Å². The highest BCUT2D eigenvalue weighted by Gasteiger charge is 2.16. The van der Waals surface area contributed by atoms with Crippen molar-refractivity contribution in [3.05, 3.63) is 56.2 Å². The highest BCUT2D eigenvalue weighted by atomic mass is 35.5. The Morgan fingerprint density at radius 2 is 1.82 bits per heavy atom. The molecule has 0 fully saturated rings. The molecule has 0 aliphatic carbocycles. The number of rotatable bonds is 3. The van der Waals surface area contributed by atoms with Crippen LogP contribution in [0.5, 0.6) is 0 Å². The summed E-state index contributed by atoms with van der Waals surface area (Å²) in [4.78, 5) is 1.08. The van der Waals surface area contributed by atoms with Crippen molar-refractivity contribution in [2.24, 2.45) is 0 Å². The molecular formula is C14H14Cl2S. The van der Waals surface area contributed by atoms with Crippen LogP contribution >= 0.6 is 34.5 Å². The molecule has 0 amide bonds. The second kappa shape index (κ2) is 5.43. The Morgan fingerprint density at radius 1 is 1.18 bits per heavy atom. The van der Waals surface area contributed by atoms with Gasteiger partial charge in [-0.05, 0) is 36.8 Å². The minimum atomic E-state index is -0.0380. The Bertz CT molecular complexity index is 499. The lowest BCUT2D eigenvalue weighted by Crippen LogP contribution is -1.94. The molecule has 1 aromatic carbocycles. The van der Waals surface area contributed by atoms with Crippen LogP contribution in [0.3, 0.4) is 0 Å². The van der Waals surface area contributed by atoms with Gasteiger partial charge in [-0.2, -0.15) is 0 Å². The first-order chi connectivity index (χ1) is 8.08. The van der Waals surface area contributed by atoms with E-state index in [1.165, 1.54) is 11.1 Å². The third-order valence-corrected chi connectivity index (χ3v) is 5.07. The molecule has 2 aromatic rings. The van der Waals surface area contributed by atoms with Crippen LogP contribution in [0.1, 0.15) is 26.9 Å². The Morgan fingerprint density at radius 3 is 2.35 bits per heavy atom. The first-order valence-corrected chi connectivity index (χ1v) is 7.20. The minimum Gasteiger partial charge on any atom is -0.145 e. The summed E-state index contributed by atoms with van der Waals surface area (Å²) < 4.78 is 0. The molecule has 0 aliphatic heterocycles. The second-order valence-electron chi connectivity index (χ2n) is 4.25. The second-order valence-corrected chi connectivity index (χ2v) is 6.07. The topological polar surface area (TPSA) is 0 Å². The van der Waals surface area contributed by atoms with Crippen LogP contribution < -0.4 is 0 Å². The van der Waals surface area contributed by atoms with Crippen LogP contribution in [0, 0.1) is 13.8 Å². The standard InChI is InChI=1S/C14H14Cl2S/c1-9-3-5-11(6-4-9)7-12(15)14-13(16)10(2)8-17-14/h3-6,8,12H,7H2,1-2H3. The summed E-state index contributed by atoms with van der Waals surface area (Å²) in [5, 5.41) is 2.84. The predicted molar refractivity (Wildman–Crippen MR) is 77.5 cm³/mol. The summed E-state index contributed by atoms with van der Waals surface area (Å²) in [5.74, 6) is 0. The monoisotopic (exact) mass is 284 g/mol. The molecule has 0 nitrogen and oxygen atoms in total. The van der Waals surface area contributed by atoms with Crippen molar-refractivity contribution in [1.82, 2.24) is 0 Å². The van der Waals surface area contributed by atoms with Gasteiger partial charge in [0, 0.05) is 4.88 Å². The Kier molecular flexibility index (Phi) is 4.13. The Hall–Kier alpha value is -0.500. The predicted octanol–water partition coefficient (Wildman–Crippen LogP) is 5.54. The zero-order chi connectivity index (χ0) is 12.4. The van der Waals surface area contributed by atoms with Crippen molar-refractivity contribution in [2.45, 2.75) is 25.6 Å². The number of hydrogen-bond acceptors (Lipinski definition) is 1. The SMILES string of the molecule is Cc1ccc(CC(Cl)c2scc(C)c2Cl)cc1. The van der Waals surface area contributed by atoms with Gasteiger partial charge in [-0.15, -0.1) is 22.9 Å². The average molecular weight is 285 g/mol. The molecule has 2 rings (SSSR count). The number of thiophene rings is 1. The first-order valence-electron chi connectivity index (χ1n) is 5.51. The quantitative estimate of drug-likeness (QED) is 0.649. The molecule has 90 valence electrons. The average Bonchev–Trinajstić information content (AvgIpc) is 2.63. The maximum absolute atomic E-state index is 6.43. The lowest BCUT2D eigenvalue weighted by Gasteiger charge is -2.08. The van der Waals surface area contributed by atoms with Gasteiger partial charge in [-0.25, -0.2) is 0 Å². The highest BCUT2D eigenvalue weighted by molar-refractivity contribution is 7.11. The van der Waals surface area contributed by atoms with E-state index in [1.807, 2.05) is 6.92 Å². The molecule has 3 heteroatoms. The van der Waals surface area contributed by atoms with E-state index in [0.717, 1.165) is 21.9 Å². The van der Waals surface area contributed by atoms with Crippen molar-refractivity contribution in [3.63, 3.8) is 0 Å². The van der Waals surface area contributed by atoms with Crippen LogP contribution in [-0.4, -0.2) is 0 Å². The molecule has 0 aliphatic rings. The van der Waals surface area contributed by atoms with E-state index < -0.39 is 0 Å². The lowest BCUT2D eigenvalue weighted by atomic mass is 10.1. The molecule has 0 spiro atoms. The van der Waals surface area contributed by atoms with E-state index >= 15 is 0 Å². The Balaban J connectivity index is 2.14. The summed E-state index contributed by atoms with van der Waals surface area (Å²) >= 11 is 14.3. The first kappa shape index (κ1) is 12.9. The fraction of sp³-hybridized carbons (Fsp3) is 0.286. The van der Waals surface area contributed by atoms with Crippen molar-refractivity contribution >= 4 is 34.5 Å². The lowest BCUT2D eigenvalue weighted by molar-refractivity contribution is 0.938. The minimum absolute atomic E-state index is 0.0380. The van der Waals surface area contributed by atoms with Crippen LogP contribution in [0.25, 0.3) is 0 Å². The highest BCUT2D eigenvalue weighted by Crippen LogP contribution is 2.37. The van der Waals surface area contributed by atoms with Gasteiger partial charge in [0.2, 0.25) is 0 Å². The van der Waals surface area contributed by atoms with Gasteiger partial charge >= 0.3 is 0 Å². The van der Waals surface area contributed by atoms with E-state index in [4.69, 9.17) is 23.2 Å². The third-order valence-electron chi connectivity index (χ3n) is 2.75. The Labute approximate surface area is 116 Å². The molecular weight excluding hydrogens is 271 g/mol. The number of benzene rings is 1. The van der Waals surface area contributed by atoms with E-state index in [1.54, 1.807) is 11.3 Å². The van der Waals surface area contributed by atoms with Crippen LogP contribution in [-0.2, 0) is 6.42 Å². The molecule has 0 saturated carbocycles. The van der Waals surface area contributed by atoms with E-state index in [-0.39, 0.29) is 5.38 Å². The molecule has 1 atom stereocenters. The zero-order valence-electron chi connectivity index (χ0n) is 9.84. The fourth-order valence-corrected chi connectivity index (χ4v) is 3.48. The molecule has 0 bridgehead atoms. The molecule has 17 heavy (non-hydrogen) atoms. The molecule has 0 N–H and O–H groups in total. The van der Waals surface area contributed by atoms with Crippen LogP contribution in [0.2, 0.25) is 5.02 Å². The third kappa shape index (κ3) is 3.04. The summed E-state index contributed by atoms with van der Waals surface area (Å²) in [6.07, 6.45) is 0.821. The molecule has 0 saturated heterocycles. The van der Waals surface area contributed by atoms with Gasteiger partial charge in [-0.3, -0.25) is 0 Å². The van der Waals surface area contributed by atoms with Gasteiger partial charge < -0.3 is 0 Å². The summed E-state index contributed by atoms with van der Waals surface area (Å²) in [7, 11) is 0. The van der Waals surface area contributed by atoms with Gasteiger partial charge in [-0.1, -0.05) is 41.4 Å². The number of hydrogen-bond donors (Lipinski definition) is 0. The van der Waals surface area contributed by atoms with Crippen LogP contribution in [0.15, 0.2) is 29.6 Å². The number of aryl methyl sites for hydroxylation is 2. The maximum atomic E-state index is 6.43. The molecule has 0 radical (unpaired) electrons. The largest absolute Gasteiger partial charge is 0.145 e. The van der Waals surface area contributed by atoms with Gasteiger partial charge in [0.1, 0.15) is 0 Å². The van der Waals surface area contributed by atoms with E-state index in [9.17, 15) is 0 Å². The smallest absolute Gasteiger partial charge is 0.0733 e. The number of halogens is 2. The molecule has 1 unspecified atom stereocenters. The van der Waals surface area contributed by atoms with Gasteiger partial charge in [0.15, 0.2) is 0 Å². The number of alkyl halides is 1. The maximum Gasteiger partial charge on any atom is 0.0733 e. The van der Waals surface area contributed by atoms with Crippen molar-refractivity contribution < 1.29 is 0 Å². The summed E-state index contributed by atoms with van der Waals surface area (Å²) in [6.45, 7) is 4.10.